The Morgan fingerprint density at radius 3 is 2.77 bits per heavy atom. The van der Waals surface area contributed by atoms with E-state index in [0.717, 1.165) is 16.9 Å². The molecule has 1 amide bonds. The fourth-order valence-electron chi connectivity index (χ4n) is 1.98. The van der Waals surface area contributed by atoms with E-state index in [1.165, 1.54) is 0 Å². The van der Waals surface area contributed by atoms with Gasteiger partial charge in [-0.05, 0) is 54.8 Å². The van der Waals surface area contributed by atoms with Gasteiger partial charge in [-0.15, -0.1) is 0 Å². The van der Waals surface area contributed by atoms with E-state index in [0.29, 0.717) is 31.0 Å². The van der Waals surface area contributed by atoms with Crippen molar-refractivity contribution in [2.24, 2.45) is 0 Å². The zero-order valence-electron chi connectivity index (χ0n) is 12.5. The van der Waals surface area contributed by atoms with Crippen molar-refractivity contribution in [1.82, 2.24) is 10.3 Å². The summed E-state index contributed by atoms with van der Waals surface area (Å²) in [5.41, 5.74) is 2.03. The Balaban J connectivity index is 1.65. The number of pyridine rings is 1. The Labute approximate surface area is 135 Å². The largest absolute Gasteiger partial charge is 0.493 e. The van der Waals surface area contributed by atoms with Gasteiger partial charge in [0.1, 0.15) is 5.75 Å². The van der Waals surface area contributed by atoms with Crippen LogP contribution in [0.3, 0.4) is 0 Å². The van der Waals surface area contributed by atoms with E-state index in [2.05, 4.69) is 10.3 Å². The monoisotopic (exact) mass is 318 g/mol. The molecule has 0 bridgehead atoms. The Morgan fingerprint density at radius 1 is 1.27 bits per heavy atom. The minimum Gasteiger partial charge on any atom is -0.493 e. The van der Waals surface area contributed by atoms with Crippen molar-refractivity contribution in [1.29, 1.82) is 0 Å². The topological polar surface area (TPSA) is 51.2 Å². The van der Waals surface area contributed by atoms with Gasteiger partial charge in [0, 0.05) is 30.4 Å². The summed E-state index contributed by atoms with van der Waals surface area (Å²) >= 11 is 5.89. The van der Waals surface area contributed by atoms with Crippen LogP contribution in [0.5, 0.6) is 5.75 Å². The predicted octanol–water partition coefficient (Wildman–Crippen LogP) is 3.52. The van der Waals surface area contributed by atoms with Gasteiger partial charge in [-0.2, -0.15) is 0 Å². The molecule has 0 saturated carbocycles. The van der Waals surface area contributed by atoms with Gasteiger partial charge in [0.05, 0.1) is 6.61 Å². The summed E-state index contributed by atoms with van der Waals surface area (Å²) in [7, 11) is 0. The van der Waals surface area contributed by atoms with Crippen molar-refractivity contribution in [2.45, 2.75) is 26.3 Å². The smallest absolute Gasteiger partial charge is 0.220 e. The highest BCUT2D eigenvalue weighted by molar-refractivity contribution is 6.30. The fraction of sp³-hybridized carbons (Fsp3) is 0.294. The molecule has 116 valence electrons. The normalized spacial score (nSPS) is 10.3. The van der Waals surface area contributed by atoms with Crippen LogP contribution in [0.4, 0.5) is 0 Å². The molecule has 2 rings (SSSR count). The molecular weight excluding hydrogens is 300 g/mol. The van der Waals surface area contributed by atoms with E-state index in [1.54, 1.807) is 18.5 Å². The molecule has 4 nitrogen and oxygen atoms in total. The lowest BCUT2D eigenvalue weighted by Gasteiger charge is -2.09. The Morgan fingerprint density at radius 2 is 2.05 bits per heavy atom. The van der Waals surface area contributed by atoms with Gasteiger partial charge in [-0.1, -0.05) is 11.6 Å². The molecule has 0 fully saturated rings. The highest BCUT2D eigenvalue weighted by atomic mass is 35.5. The summed E-state index contributed by atoms with van der Waals surface area (Å²) in [5, 5.41) is 3.57. The van der Waals surface area contributed by atoms with Gasteiger partial charge in [-0.3, -0.25) is 9.78 Å². The maximum absolute atomic E-state index is 11.7. The molecule has 0 saturated heterocycles. The minimum atomic E-state index is 0.0215. The average molecular weight is 319 g/mol. The molecule has 0 atom stereocenters. The van der Waals surface area contributed by atoms with Crippen molar-refractivity contribution >= 4 is 17.5 Å². The van der Waals surface area contributed by atoms with Gasteiger partial charge < -0.3 is 10.1 Å². The van der Waals surface area contributed by atoms with Crippen LogP contribution in [0.25, 0.3) is 0 Å². The first-order chi connectivity index (χ1) is 10.6. The maximum Gasteiger partial charge on any atom is 0.220 e. The molecule has 1 N–H and O–H groups in total. The molecule has 0 aliphatic rings. The molecule has 0 aliphatic heterocycles. The van der Waals surface area contributed by atoms with Gasteiger partial charge in [0.2, 0.25) is 5.91 Å². The van der Waals surface area contributed by atoms with Crippen LogP contribution >= 0.6 is 11.6 Å². The molecule has 22 heavy (non-hydrogen) atoms. The number of carbonyl (C=O) groups excluding carboxylic acids is 1. The number of aromatic nitrogens is 1. The van der Waals surface area contributed by atoms with E-state index in [1.807, 2.05) is 31.2 Å². The summed E-state index contributed by atoms with van der Waals surface area (Å²) < 4.78 is 5.66. The summed E-state index contributed by atoms with van der Waals surface area (Å²) in [6, 6.07) is 9.27. The zero-order valence-corrected chi connectivity index (χ0v) is 13.3. The van der Waals surface area contributed by atoms with E-state index >= 15 is 0 Å². The van der Waals surface area contributed by atoms with E-state index < -0.39 is 0 Å². The fourth-order valence-corrected chi connectivity index (χ4v) is 2.21. The quantitative estimate of drug-likeness (QED) is 0.795. The van der Waals surface area contributed by atoms with Crippen LogP contribution in [0.2, 0.25) is 5.02 Å². The first-order valence-corrected chi connectivity index (χ1v) is 7.57. The lowest BCUT2D eigenvalue weighted by molar-refractivity contribution is -0.121. The van der Waals surface area contributed by atoms with Crippen molar-refractivity contribution in [3.05, 3.63) is 58.9 Å². The van der Waals surface area contributed by atoms with Gasteiger partial charge in [-0.25, -0.2) is 0 Å². The number of hydrogen-bond acceptors (Lipinski definition) is 3. The third-order valence-corrected chi connectivity index (χ3v) is 3.42. The average Bonchev–Trinajstić information content (AvgIpc) is 2.52. The number of halogens is 1. The SMILES string of the molecule is Cc1cc(Cl)ccc1OCCCC(=O)NCc1ccncc1. The molecule has 0 aliphatic carbocycles. The number of ether oxygens (including phenoxy) is 1. The molecule has 1 aromatic carbocycles. The predicted molar refractivity (Wildman–Crippen MR) is 87.0 cm³/mol. The van der Waals surface area contributed by atoms with Crippen LogP contribution in [-0.4, -0.2) is 17.5 Å². The Kier molecular flexibility index (Phi) is 6.22. The summed E-state index contributed by atoms with van der Waals surface area (Å²) in [6.07, 6.45) is 4.54. The number of carbonyl (C=O) groups is 1. The molecule has 0 radical (unpaired) electrons. The Hall–Kier alpha value is -2.07. The molecular formula is C17H19ClN2O2. The molecule has 1 aromatic heterocycles. The van der Waals surface area contributed by atoms with Gasteiger partial charge in [0.15, 0.2) is 0 Å². The Bertz CT molecular complexity index is 617. The highest BCUT2D eigenvalue weighted by Crippen LogP contribution is 2.21. The number of hydrogen-bond donors (Lipinski definition) is 1. The van der Waals surface area contributed by atoms with E-state index in [4.69, 9.17) is 16.3 Å². The van der Waals surface area contributed by atoms with Crippen LogP contribution in [0.1, 0.15) is 24.0 Å². The summed E-state index contributed by atoms with van der Waals surface area (Å²) in [4.78, 5) is 15.7. The number of aryl methyl sites for hydroxylation is 1. The van der Waals surface area contributed by atoms with Gasteiger partial charge in [0.25, 0.3) is 0 Å². The highest BCUT2D eigenvalue weighted by Gasteiger charge is 2.03. The van der Waals surface area contributed by atoms with Gasteiger partial charge >= 0.3 is 0 Å². The van der Waals surface area contributed by atoms with E-state index in [9.17, 15) is 4.79 Å². The molecule has 0 unspecified atom stereocenters. The minimum absolute atomic E-state index is 0.0215. The van der Waals surface area contributed by atoms with Crippen molar-refractivity contribution in [3.8, 4) is 5.75 Å². The maximum atomic E-state index is 11.7. The molecule has 5 heteroatoms. The van der Waals surface area contributed by atoms with Crippen LogP contribution in [0.15, 0.2) is 42.7 Å². The van der Waals surface area contributed by atoms with Crippen molar-refractivity contribution in [2.75, 3.05) is 6.61 Å². The van der Waals surface area contributed by atoms with E-state index in [-0.39, 0.29) is 5.91 Å². The molecule has 2 aromatic rings. The second-order valence-electron chi connectivity index (χ2n) is 4.99. The first-order valence-electron chi connectivity index (χ1n) is 7.20. The molecule has 0 spiro atoms. The van der Waals surface area contributed by atoms with Crippen LogP contribution < -0.4 is 10.1 Å². The van der Waals surface area contributed by atoms with Crippen LogP contribution in [-0.2, 0) is 11.3 Å². The second kappa shape index (κ2) is 8.39. The first kappa shape index (κ1) is 16.3. The zero-order chi connectivity index (χ0) is 15.8. The third kappa shape index (κ3) is 5.37. The summed E-state index contributed by atoms with van der Waals surface area (Å²) in [5.74, 6) is 0.829. The number of nitrogens with one attached hydrogen (secondary N) is 1. The standard InChI is InChI=1S/C17H19ClN2O2/c1-13-11-15(18)4-5-16(13)22-10-2-3-17(21)20-12-14-6-8-19-9-7-14/h4-9,11H,2-3,10,12H2,1H3,(H,20,21). The molecule has 1 heterocycles. The van der Waals surface area contributed by atoms with Crippen LogP contribution in [0, 0.1) is 6.92 Å². The second-order valence-corrected chi connectivity index (χ2v) is 5.43. The lowest BCUT2D eigenvalue weighted by Crippen LogP contribution is -2.22. The lowest BCUT2D eigenvalue weighted by atomic mass is 10.2. The number of rotatable bonds is 7. The number of benzene rings is 1. The number of nitrogens with zero attached hydrogens (tertiary/aromatic N) is 1. The summed E-state index contributed by atoms with van der Waals surface area (Å²) in [6.45, 7) is 2.98. The van der Waals surface area contributed by atoms with Crippen molar-refractivity contribution in [3.63, 3.8) is 0 Å². The third-order valence-electron chi connectivity index (χ3n) is 3.18. The number of amides is 1. The van der Waals surface area contributed by atoms with Crippen molar-refractivity contribution < 1.29 is 9.53 Å².